The van der Waals surface area contributed by atoms with Crippen molar-refractivity contribution in [2.24, 2.45) is 0 Å². The predicted molar refractivity (Wildman–Crippen MR) is 69.4 cm³/mol. The highest BCUT2D eigenvalue weighted by Crippen LogP contribution is 2.32. The number of nitrogens with zero attached hydrogens (tertiary/aromatic N) is 3. The molecule has 0 saturated carbocycles. The molecule has 0 unspecified atom stereocenters. The summed E-state index contributed by atoms with van der Waals surface area (Å²) in [6.45, 7) is 0. The summed E-state index contributed by atoms with van der Waals surface area (Å²) in [4.78, 5) is 8.08. The molecule has 0 radical (unpaired) electrons. The number of nitrogens with two attached hydrogens (primary N) is 1. The van der Waals surface area contributed by atoms with Crippen molar-refractivity contribution in [3.8, 4) is 22.5 Å². The zero-order chi connectivity index (χ0) is 13.2. The summed E-state index contributed by atoms with van der Waals surface area (Å²) in [6, 6.07) is 6.60. The first kappa shape index (κ1) is 11.3. The Morgan fingerprint density at radius 2 is 2.05 bits per heavy atom. The average Bonchev–Trinajstić information content (AvgIpc) is 2.82. The topological polar surface area (TPSA) is 80.5 Å². The van der Waals surface area contributed by atoms with Gasteiger partial charge in [-0.1, -0.05) is 6.07 Å². The van der Waals surface area contributed by atoms with E-state index in [9.17, 15) is 4.39 Å². The van der Waals surface area contributed by atoms with E-state index >= 15 is 0 Å². The van der Waals surface area contributed by atoms with Crippen LogP contribution < -0.4 is 5.73 Å². The number of nitrogens with one attached hydrogen (secondary N) is 1. The molecule has 3 aromatic heterocycles. The monoisotopic (exact) mass is 255 g/mol. The van der Waals surface area contributed by atoms with Crippen LogP contribution in [-0.4, -0.2) is 20.2 Å². The zero-order valence-corrected chi connectivity index (χ0v) is 9.84. The second kappa shape index (κ2) is 4.49. The third-order valence-corrected chi connectivity index (χ3v) is 2.73. The Morgan fingerprint density at radius 3 is 2.74 bits per heavy atom. The second-order valence-corrected chi connectivity index (χ2v) is 3.96. The van der Waals surface area contributed by atoms with E-state index in [2.05, 4.69) is 20.2 Å². The van der Waals surface area contributed by atoms with Crippen LogP contribution in [0.25, 0.3) is 22.5 Å². The summed E-state index contributed by atoms with van der Waals surface area (Å²) in [6.07, 6.45) is 4.52. The van der Waals surface area contributed by atoms with Gasteiger partial charge in [-0.25, -0.2) is 4.39 Å². The third-order valence-electron chi connectivity index (χ3n) is 2.73. The van der Waals surface area contributed by atoms with E-state index in [-0.39, 0.29) is 5.82 Å². The maximum absolute atomic E-state index is 12.9. The number of hydrogen-bond acceptors (Lipinski definition) is 4. The quantitative estimate of drug-likeness (QED) is 0.736. The summed E-state index contributed by atoms with van der Waals surface area (Å²) in [5.74, 6) is -0.0340. The molecular weight excluding hydrogens is 245 g/mol. The van der Waals surface area contributed by atoms with Crippen LogP contribution in [0.4, 0.5) is 10.2 Å². The number of rotatable bonds is 2. The van der Waals surface area contributed by atoms with E-state index in [1.165, 1.54) is 6.07 Å². The first-order valence-electron chi connectivity index (χ1n) is 5.62. The molecule has 0 aliphatic carbocycles. The molecule has 3 N–H and O–H groups in total. The van der Waals surface area contributed by atoms with Crippen LogP contribution >= 0.6 is 0 Å². The molecular formula is C13H10FN5. The van der Waals surface area contributed by atoms with Gasteiger partial charge in [-0.2, -0.15) is 5.10 Å². The van der Waals surface area contributed by atoms with Crippen molar-refractivity contribution in [2.45, 2.75) is 0 Å². The van der Waals surface area contributed by atoms with Crippen molar-refractivity contribution in [1.29, 1.82) is 0 Å². The molecule has 0 fully saturated rings. The molecule has 3 heterocycles. The van der Waals surface area contributed by atoms with E-state index in [1.54, 1.807) is 18.5 Å². The number of halogens is 1. The molecule has 0 aliphatic rings. The normalized spacial score (nSPS) is 10.6. The van der Waals surface area contributed by atoms with E-state index in [4.69, 9.17) is 5.73 Å². The Bertz CT molecular complexity index is 691. The van der Waals surface area contributed by atoms with Crippen molar-refractivity contribution in [3.63, 3.8) is 0 Å². The summed E-state index contributed by atoms with van der Waals surface area (Å²) in [7, 11) is 0. The SMILES string of the molecule is Nc1n[nH]c(-c2ccc(F)cn2)c1-c1cccnc1. The van der Waals surface area contributed by atoms with Crippen molar-refractivity contribution in [2.75, 3.05) is 5.73 Å². The fourth-order valence-electron chi connectivity index (χ4n) is 1.87. The lowest BCUT2D eigenvalue weighted by Crippen LogP contribution is -1.90. The molecule has 94 valence electrons. The predicted octanol–water partition coefficient (Wildman–Crippen LogP) is 2.25. The Kier molecular flexibility index (Phi) is 2.68. The van der Waals surface area contributed by atoms with Gasteiger partial charge in [0.15, 0.2) is 5.82 Å². The smallest absolute Gasteiger partial charge is 0.153 e. The maximum atomic E-state index is 12.9. The minimum atomic E-state index is -0.390. The van der Waals surface area contributed by atoms with Gasteiger partial charge in [-0.3, -0.25) is 15.1 Å². The first-order valence-corrected chi connectivity index (χ1v) is 5.62. The zero-order valence-electron chi connectivity index (χ0n) is 9.84. The van der Waals surface area contributed by atoms with Crippen LogP contribution in [0.2, 0.25) is 0 Å². The minimum absolute atomic E-state index is 0.356. The number of aromatic amines is 1. The Balaban J connectivity index is 2.16. The van der Waals surface area contributed by atoms with Crippen LogP contribution in [0.5, 0.6) is 0 Å². The molecule has 0 amide bonds. The molecule has 6 heteroatoms. The maximum Gasteiger partial charge on any atom is 0.153 e. The van der Waals surface area contributed by atoms with Crippen LogP contribution in [0.3, 0.4) is 0 Å². The van der Waals surface area contributed by atoms with E-state index in [0.29, 0.717) is 22.8 Å². The van der Waals surface area contributed by atoms with Gasteiger partial charge in [0.25, 0.3) is 0 Å². The molecule has 0 atom stereocenters. The second-order valence-electron chi connectivity index (χ2n) is 3.96. The van der Waals surface area contributed by atoms with Crippen molar-refractivity contribution >= 4 is 5.82 Å². The number of hydrogen-bond donors (Lipinski definition) is 2. The highest BCUT2D eigenvalue weighted by molar-refractivity contribution is 5.86. The molecule has 5 nitrogen and oxygen atoms in total. The van der Waals surface area contributed by atoms with Crippen LogP contribution in [0, 0.1) is 5.82 Å². The average molecular weight is 255 g/mol. The van der Waals surface area contributed by atoms with Gasteiger partial charge in [0, 0.05) is 18.0 Å². The number of pyridine rings is 2. The molecule has 3 aromatic rings. The van der Waals surface area contributed by atoms with Crippen LogP contribution in [0.15, 0.2) is 42.9 Å². The number of H-pyrrole nitrogens is 1. The van der Waals surface area contributed by atoms with Gasteiger partial charge in [-0.05, 0) is 18.2 Å². The third kappa shape index (κ3) is 2.03. The Hall–Kier alpha value is -2.76. The molecule has 0 aromatic carbocycles. The van der Waals surface area contributed by atoms with Crippen molar-refractivity contribution < 1.29 is 4.39 Å². The van der Waals surface area contributed by atoms with Gasteiger partial charge >= 0.3 is 0 Å². The molecule has 0 bridgehead atoms. The van der Waals surface area contributed by atoms with Gasteiger partial charge in [0.05, 0.1) is 23.1 Å². The summed E-state index contributed by atoms with van der Waals surface area (Å²) >= 11 is 0. The lowest BCUT2D eigenvalue weighted by molar-refractivity contribution is 0.622. The van der Waals surface area contributed by atoms with E-state index in [1.807, 2.05) is 12.1 Å². The lowest BCUT2D eigenvalue weighted by atomic mass is 10.1. The highest BCUT2D eigenvalue weighted by atomic mass is 19.1. The fourth-order valence-corrected chi connectivity index (χ4v) is 1.87. The van der Waals surface area contributed by atoms with Gasteiger partial charge in [-0.15, -0.1) is 0 Å². The molecule has 0 saturated heterocycles. The number of aromatic nitrogens is 4. The summed E-state index contributed by atoms with van der Waals surface area (Å²) < 4.78 is 12.9. The lowest BCUT2D eigenvalue weighted by Gasteiger charge is -2.03. The van der Waals surface area contributed by atoms with Crippen molar-refractivity contribution in [3.05, 3.63) is 48.7 Å². The standard InChI is InChI=1S/C13H10FN5/c14-9-3-4-10(17-7-9)12-11(13(15)19-18-12)8-2-1-5-16-6-8/h1-7H,(H3,15,18,19). The first-order chi connectivity index (χ1) is 9.25. The van der Waals surface area contributed by atoms with Crippen molar-refractivity contribution in [1.82, 2.24) is 20.2 Å². The van der Waals surface area contributed by atoms with Crippen LogP contribution in [-0.2, 0) is 0 Å². The van der Waals surface area contributed by atoms with E-state index < -0.39 is 0 Å². The molecule has 19 heavy (non-hydrogen) atoms. The number of anilines is 1. The largest absolute Gasteiger partial charge is 0.382 e. The van der Waals surface area contributed by atoms with Crippen LogP contribution in [0.1, 0.15) is 0 Å². The summed E-state index contributed by atoms with van der Waals surface area (Å²) in [5.41, 5.74) is 8.63. The minimum Gasteiger partial charge on any atom is -0.382 e. The van der Waals surface area contributed by atoms with Gasteiger partial charge in [0.2, 0.25) is 0 Å². The highest BCUT2D eigenvalue weighted by Gasteiger charge is 2.15. The van der Waals surface area contributed by atoms with Gasteiger partial charge < -0.3 is 5.73 Å². The molecule has 3 rings (SSSR count). The van der Waals surface area contributed by atoms with Gasteiger partial charge in [0.1, 0.15) is 5.82 Å². The molecule has 0 spiro atoms. The Labute approximate surface area is 108 Å². The Morgan fingerprint density at radius 1 is 1.16 bits per heavy atom. The summed E-state index contributed by atoms with van der Waals surface area (Å²) in [5, 5.41) is 6.80. The fraction of sp³-hybridized carbons (Fsp3) is 0. The number of nitrogen functional groups attached to an aromatic ring is 1. The molecule has 0 aliphatic heterocycles. The van der Waals surface area contributed by atoms with E-state index in [0.717, 1.165) is 11.8 Å².